The van der Waals surface area contributed by atoms with Crippen molar-refractivity contribution in [1.29, 1.82) is 0 Å². The van der Waals surface area contributed by atoms with Crippen molar-refractivity contribution < 1.29 is 9.90 Å². The molecule has 2 rings (SSSR count). The Morgan fingerprint density at radius 3 is 2.82 bits per heavy atom. The summed E-state index contributed by atoms with van der Waals surface area (Å²) in [4.78, 5) is 16.1. The lowest BCUT2D eigenvalue weighted by molar-refractivity contribution is -0.147. The van der Waals surface area contributed by atoms with E-state index in [1.165, 1.54) is 19.4 Å². The summed E-state index contributed by atoms with van der Waals surface area (Å²) in [7, 11) is 0. The van der Waals surface area contributed by atoms with Crippen molar-refractivity contribution in [2.45, 2.75) is 39.2 Å². The van der Waals surface area contributed by atoms with Crippen LogP contribution in [0.25, 0.3) is 0 Å². The number of nitrogens with zero attached hydrogens (tertiary/aromatic N) is 2. The molecular weight excluding hydrogens is 216 g/mol. The molecule has 0 aromatic rings. The fourth-order valence-corrected chi connectivity index (χ4v) is 2.80. The third-order valence-electron chi connectivity index (χ3n) is 4.30. The molecule has 4 heteroatoms. The molecule has 98 valence electrons. The molecule has 0 bridgehead atoms. The molecule has 0 spiro atoms. The van der Waals surface area contributed by atoms with E-state index in [0.717, 1.165) is 38.6 Å². The van der Waals surface area contributed by atoms with Crippen LogP contribution in [0.3, 0.4) is 0 Å². The minimum atomic E-state index is -0.683. The Bertz CT molecular complexity index is 291. The highest BCUT2D eigenvalue weighted by atomic mass is 16.4. The SMILES string of the molecule is CC(C)(CCN1CCN2CCCC2C1)C(=O)O. The van der Waals surface area contributed by atoms with Crippen LogP contribution in [0.1, 0.15) is 33.1 Å². The normalized spacial score (nSPS) is 27.1. The van der Waals surface area contributed by atoms with Gasteiger partial charge in [-0.3, -0.25) is 9.69 Å². The van der Waals surface area contributed by atoms with Gasteiger partial charge in [-0.05, 0) is 46.2 Å². The minimum absolute atomic E-state index is 0.590. The van der Waals surface area contributed by atoms with Gasteiger partial charge in [-0.1, -0.05) is 0 Å². The van der Waals surface area contributed by atoms with E-state index >= 15 is 0 Å². The van der Waals surface area contributed by atoms with Gasteiger partial charge in [-0.15, -0.1) is 0 Å². The Balaban J connectivity index is 1.79. The highest BCUT2D eigenvalue weighted by Gasteiger charge is 2.32. The van der Waals surface area contributed by atoms with Gasteiger partial charge in [0.25, 0.3) is 0 Å². The summed E-state index contributed by atoms with van der Waals surface area (Å²) in [6.07, 6.45) is 3.40. The second-order valence-corrected chi connectivity index (χ2v) is 6.07. The van der Waals surface area contributed by atoms with Crippen molar-refractivity contribution in [3.05, 3.63) is 0 Å². The van der Waals surface area contributed by atoms with E-state index in [1.54, 1.807) is 0 Å². The topological polar surface area (TPSA) is 43.8 Å². The molecule has 0 aromatic heterocycles. The third kappa shape index (κ3) is 2.99. The number of fused-ring (bicyclic) bond motifs is 1. The molecule has 0 amide bonds. The molecular formula is C13H24N2O2. The number of aliphatic carboxylic acids is 1. The van der Waals surface area contributed by atoms with Gasteiger partial charge in [0, 0.05) is 25.7 Å². The zero-order valence-electron chi connectivity index (χ0n) is 11.0. The quantitative estimate of drug-likeness (QED) is 0.803. The van der Waals surface area contributed by atoms with Gasteiger partial charge >= 0.3 is 5.97 Å². The predicted molar refractivity (Wildman–Crippen MR) is 67.1 cm³/mol. The summed E-state index contributed by atoms with van der Waals surface area (Å²) >= 11 is 0. The Morgan fingerprint density at radius 1 is 1.35 bits per heavy atom. The molecule has 2 fully saturated rings. The summed E-state index contributed by atoms with van der Waals surface area (Å²) in [5.74, 6) is -0.683. The molecule has 1 N–H and O–H groups in total. The maximum Gasteiger partial charge on any atom is 0.309 e. The summed E-state index contributed by atoms with van der Waals surface area (Å²) < 4.78 is 0. The molecule has 0 radical (unpaired) electrons. The molecule has 2 aliphatic heterocycles. The van der Waals surface area contributed by atoms with E-state index in [1.807, 2.05) is 13.8 Å². The fourth-order valence-electron chi connectivity index (χ4n) is 2.80. The number of hydrogen-bond acceptors (Lipinski definition) is 3. The van der Waals surface area contributed by atoms with Crippen LogP contribution in [0.4, 0.5) is 0 Å². The van der Waals surface area contributed by atoms with E-state index in [9.17, 15) is 4.79 Å². The van der Waals surface area contributed by atoms with E-state index in [2.05, 4.69) is 9.80 Å². The maximum atomic E-state index is 11.0. The average molecular weight is 240 g/mol. The summed E-state index contributed by atoms with van der Waals surface area (Å²) in [5.41, 5.74) is -0.590. The first-order chi connectivity index (χ1) is 7.99. The van der Waals surface area contributed by atoms with E-state index in [0.29, 0.717) is 0 Å². The number of carboxylic acids is 1. The molecule has 1 atom stereocenters. The first-order valence-corrected chi connectivity index (χ1v) is 6.69. The maximum absolute atomic E-state index is 11.0. The standard InChI is InChI=1S/C13H24N2O2/c1-13(2,12(16)17)5-7-14-8-9-15-6-3-4-11(15)10-14/h11H,3-10H2,1-2H3,(H,16,17). The Kier molecular flexibility index (Phi) is 3.73. The summed E-state index contributed by atoms with van der Waals surface area (Å²) in [6.45, 7) is 9.23. The number of piperazine rings is 1. The Morgan fingerprint density at radius 2 is 2.12 bits per heavy atom. The minimum Gasteiger partial charge on any atom is -0.481 e. The van der Waals surface area contributed by atoms with Crippen molar-refractivity contribution >= 4 is 5.97 Å². The Hall–Kier alpha value is -0.610. The highest BCUT2D eigenvalue weighted by molar-refractivity contribution is 5.73. The number of hydrogen-bond donors (Lipinski definition) is 1. The van der Waals surface area contributed by atoms with Gasteiger partial charge in [-0.2, -0.15) is 0 Å². The lowest BCUT2D eigenvalue weighted by Crippen LogP contribution is -2.50. The molecule has 0 saturated carbocycles. The molecule has 1 unspecified atom stereocenters. The summed E-state index contributed by atoms with van der Waals surface area (Å²) in [6, 6.07) is 0.733. The van der Waals surface area contributed by atoms with Crippen molar-refractivity contribution in [3.8, 4) is 0 Å². The van der Waals surface area contributed by atoms with Crippen LogP contribution in [0.5, 0.6) is 0 Å². The van der Waals surface area contributed by atoms with E-state index in [4.69, 9.17) is 5.11 Å². The summed E-state index contributed by atoms with van der Waals surface area (Å²) in [5, 5.41) is 9.09. The van der Waals surface area contributed by atoms with Gasteiger partial charge in [0.1, 0.15) is 0 Å². The lowest BCUT2D eigenvalue weighted by Gasteiger charge is -2.38. The highest BCUT2D eigenvalue weighted by Crippen LogP contribution is 2.24. The Labute approximate surface area is 104 Å². The largest absolute Gasteiger partial charge is 0.481 e. The third-order valence-corrected chi connectivity index (χ3v) is 4.30. The van der Waals surface area contributed by atoms with Crippen molar-refractivity contribution in [2.24, 2.45) is 5.41 Å². The fraction of sp³-hybridized carbons (Fsp3) is 0.923. The zero-order valence-corrected chi connectivity index (χ0v) is 11.0. The van der Waals surface area contributed by atoms with Crippen molar-refractivity contribution in [3.63, 3.8) is 0 Å². The van der Waals surface area contributed by atoms with Gasteiger partial charge in [0.15, 0.2) is 0 Å². The van der Waals surface area contributed by atoms with Gasteiger partial charge in [0.2, 0.25) is 0 Å². The van der Waals surface area contributed by atoms with Crippen LogP contribution in [0.2, 0.25) is 0 Å². The molecule has 0 aromatic carbocycles. The predicted octanol–water partition coefficient (Wildman–Crippen LogP) is 1.27. The van der Waals surface area contributed by atoms with E-state index < -0.39 is 11.4 Å². The monoisotopic (exact) mass is 240 g/mol. The second kappa shape index (κ2) is 4.94. The molecule has 2 aliphatic rings. The zero-order chi connectivity index (χ0) is 12.5. The molecule has 0 aliphatic carbocycles. The molecule has 17 heavy (non-hydrogen) atoms. The number of carbonyl (C=O) groups is 1. The van der Waals surface area contributed by atoms with Gasteiger partial charge in [-0.25, -0.2) is 0 Å². The smallest absolute Gasteiger partial charge is 0.309 e. The van der Waals surface area contributed by atoms with Crippen LogP contribution in [0, 0.1) is 5.41 Å². The molecule has 2 saturated heterocycles. The van der Waals surface area contributed by atoms with Crippen LogP contribution >= 0.6 is 0 Å². The molecule has 2 heterocycles. The molecule has 4 nitrogen and oxygen atoms in total. The van der Waals surface area contributed by atoms with Crippen LogP contribution in [-0.2, 0) is 4.79 Å². The lowest BCUT2D eigenvalue weighted by atomic mass is 9.89. The van der Waals surface area contributed by atoms with Crippen LogP contribution in [0.15, 0.2) is 0 Å². The van der Waals surface area contributed by atoms with E-state index in [-0.39, 0.29) is 0 Å². The van der Waals surface area contributed by atoms with Crippen molar-refractivity contribution in [2.75, 3.05) is 32.7 Å². The van der Waals surface area contributed by atoms with Crippen molar-refractivity contribution in [1.82, 2.24) is 9.80 Å². The van der Waals surface area contributed by atoms with Crippen LogP contribution in [-0.4, -0.2) is 59.6 Å². The average Bonchev–Trinajstić information content (AvgIpc) is 2.73. The number of rotatable bonds is 4. The van der Waals surface area contributed by atoms with Gasteiger partial charge in [0.05, 0.1) is 5.41 Å². The first-order valence-electron chi connectivity index (χ1n) is 6.69. The number of carboxylic acid groups (broad SMARTS) is 1. The van der Waals surface area contributed by atoms with Gasteiger partial charge < -0.3 is 10.0 Å². The first kappa shape index (κ1) is 12.8. The second-order valence-electron chi connectivity index (χ2n) is 6.07. The van der Waals surface area contributed by atoms with Crippen LogP contribution < -0.4 is 0 Å².